The molecule has 3 nitrogen and oxygen atoms in total. The number of hydrogen-bond acceptors (Lipinski definition) is 3. The molecule has 0 fully saturated rings. The minimum atomic E-state index is 0.438. The summed E-state index contributed by atoms with van der Waals surface area (Å²) in [6, 6.07) is 15.8. The molecular weight excluding hydrogens is 302 g/mol. The zero-order valence-electron chi connectivity index (χ0n) is 11.7. The fourth-order valence-electron chi connectivity index (χ4n) is 1.60. The second-order valence-electron chi connectivity index (χ2n) is 4.47. The molecule has 0 heterocycles. The summed E-state index contributed by atoms with van der Waals surface area (Å²) in [5.74, 6) is 0.780. The highest BCUT2D eigenvalue weighted by molar-refractivity contribution is 8.13. The Morgan fingerprint density at radius 2 is 2.00 bits per heavy atom. The SMILES string of the molecule is Cc1ccc(C=NN=C(N)SCc2ccccc2)cc1Cl. The summed E-state index contributed by atoms with van der Waals surface area (Å²) in [4.78, 5) is 0. The Morgan fingerprint density at radius 1 is 1.24 bits per heavy atom. The van der Waals surface area contributed by atoms with Crippen molar-refractivity contribution < 1.29 is 0 Å². The summed E-state index contributed by atoms with van der Waals surface area (Å²) in [6.07, 6.45) is 1.64. The van der Waals surface area contributed by atoms with Crippen LogP contribution in [0.4, 0.5) is 0 Å². The second kappa shape index (κ2) is 7.86. The van der Waals surface area contributed by atoms with Gasteiger partial charge in [-0.25, -0.2) is 0 Å². The average molecular weight is 318 g/mol. The van der Waals surface area contributed by atoms with Crippen molar-refractivity contribution in [1.82, 2.24) is 0 Å². The molecule has 108 valence electrons. The van der Waals surface area contributed by atoms with E-state index in [9.17, 15) is 0 Å². The first-order valence-corrected chi connectivity index (χ1v) is 7.81. The van der Waals surface area contributed by atoms with Gasteiger partial charge in [-0.15, -0.1) is 5.10 Å². The molecule has 2 rings (SSSR count). The number of nitrogens with zero attached hydrogens (tertiary/aromatic N) is 2. The summed E-state index contributed by atoms with van der Waals surface area (Å²) in [6.45, 7) is 1.96. The molecule has 0 bridgehead atoms. The Balaban J connectivity index is 1.90. The maximum absolute atomic E-state index is 6.05. The highest BCUT2D eigenvalue weighted by Gasteiger charge is 1.97. The lowest BCUT2D eigenvalue weighted by molar-refractivity contribution is 1.25. The van der Waals surface area contributed by atoms with E-state index in [4.69, 9.17) is 17.3 Å². The van der Waals surface area contributed by atoms with Gasteiger partial charge in [-0.3, -0.25) is 0 Å². The number of aryl methyl sites for hydroxylation is 1. The fraction of sp³-hybridized carbons (Fsp3) is 0.125. The van der Waals surface area contributed by atoms with E-state index in [1.54, 1.807) is 6.21 Å². The van der Waals surface area contributed by atoms with E-state index in [2.05, 4.69) is 22.3 Å². The van der Waals surface area contributed by atoms with Gasteiger partial charge in [-0.1, -0.05) is 65.8 Å². The summed E-state index contributed by atoms with van der Waals surface area (Å²) in [5, 5.41) is 9.11. The number of hydrogen-bond donors (Lipinski definition) is 1. The lowest BCUT2D eigenvalue weighted by Crippen LogP contribution is -2.05. The van der Waals surface area contributed by atoms with Crippen LogP contribution in [0.1, 0.15) is 16.7 Å². The van der Waals surface area contributed by atoms with Gasteiger partial charge in [-0.05, 0) is 29.7 Å². The lowest BCUT2D eigenvalue weighted by Gasteiger charge is -1.99. The zero-order valence-corrected chi connectivity index (χ0v) is 13.2. The third kappa shape index (κ3) is 5.25. The van der Waals surface area contributed by atoms with Gasteiger partial charge in [0.15, 0.2) is 5.17 Å². The monoisotopic (exact) mass is 317 g/mol. The molecule has 0 aromatic heterocycles. The van der Waals surface area contributed by atoms with Crippen LogP contribution in [0.5, 0.6) is 0 Å². The Labute approximate surface area is 133 Å². The lowest BCUT2D eigenvalue weighted by atomic mass is 10.2. The van der Waals surface area contributed by atoms with Crippen LogP contribution in [-0.2, 0) is 5.75 Å². The number of thioether (sulfide) groups is 1. The Kier molecular flexibility index (Phi) is 5.84. The van der Waals surface area contributed by atoms with Crippen LogP contribution in [0.3, 0.4) is 0 Å². The molecule has 0 saturated carbocycles. The zero-order chi connectivity index (χ0) is 15.1. The quantitative estimate of drug-likeness (QED) is 0.521. The number of nitrogens with two attached hydrogens (primary N) is 1. The summed E-state index contributed by atoms with van der Waals surface area (Å²) in [7, 11) is 0. The topological polar surface area (TPSA) is 50.7 Å². The normalized spacial score (nSPS) is 12.0. The largest absolute Gasteiger partial charge is 0.377 e. The fourth-order valence-corrected chi connectivity index (χ4v) is 2.40. The van der Waals surface area contributed by atoms with Gasteiger partial charge < -0.3 is 5.73 Å². The van der Waals surface area contributed by atoms with Gasteiger partial charge in [-0.2, -0.15) is 5.10 Å². The second-order valence-corrected chi connectivity index (χ2v) is 5.87. The van der Waals surface area contributed by atoms with Crippen molar-refractivity contribution in [2.75, 3.05) is 0 Å². The van der Waals surface area contributed by atoms with Crippen molar-refractivity contribution in [3.63, 3.8) is 0 Å². The smallest absolute Gasteiger partial charge is 0.180 e. The molecule has 0 unspecified atom stereocenters. The summed E-state index contributed by atoms with van der Waals surface area (Å²) < 4.78 is 0. The molecule has 5 heteroatoms. The van der Waals surface area contributed by atoms with Gasteiger partial charge in [0.1, 0.15) is 0 Å². The van der Waals surface area contributed by atoms with Crippen LogP contribution in [0, 0.1) is 6.92 Å². The minimum Gasteiger partial charge on any atom is -0.377 e. The Hall–Kier alpha value is -1.78. The average Bonchev–Trinajstić information content (AvgIpc) is 2.50. The molecule has 2 aromatic rings. The molecule has 0 atom stereocenters. The maximum atomic E-state index is 6.05. The third-order valence-corrected chi connectivity index (χ3v) is 4.05. The van der Waals surface area contributed by atoms with Crippen LogP contribution in [-0.4, -0.2) is 11.4 Å². The van der Waals surface area contributed by atoms with Crippen molar-refractivity contribution in [1.29, 1.82) is 0 Å². The number of amidine groups is 1. The van der Waals surface area contributed by atoms with Crippen molar-refractivity contribution >= 4 is 34.7 Å². The molecule has 2 N–H and O–H groups in total. The van der Waals surface area contributed by atoms with E-state index in [1.165, 1.54) is 17.3 Å². The third-order valence-electron chi connectivity index (χ3n) is 2.79. The standard InChI is InChI=1S/C16H16ClN3S/c1-12-7-8-14(9-15(12)17)10-19-20-16(18)21-11-13-5-3-2-4-6-13/h2-10H,11H2,1H3,(H2,18,20). The first kappa shape index (κ1) is 15.6. The predicted octanol–water partition coefficient (Wildman–Crippen LogP) is 4.23. The molecule has 0 aliphatic carbocycles. The Morgan fingerprint density at radius 3 is 2.71 bits per heavy atom. The highest BCUT2D eigenvalue weighted by Crippen LogP contribution is 2.15. The predicted molar refractivity (Wildman–Crippen MR) is 93.1 cm³/mol. The van der Waals surface area contributed by atoms with Crippen LogP contribution in [0.25, 0.3) is 0 Å². The number of benzene rings is 2. The van der Waals surface area contributed by atoms with Gasteiger partial charge in [0.2, 0.25) is 0 Å². The molecule has 21 heavy (non-hydrogen) atoms. The van der Waals surface area contributed by atoms with E-state index in [-0.39, 0.29) is 0 Å². The van der Waals surface area contributed by atoms with Gasteiger partial charge >= 0.3 is 0 Å². The summed E-state index contributed by atoms with van der Waals surface area (Å²) in [5.41, 5.74) is 8.95. The molecular formula is C16H16ClN3S. The van der Waals surface area contributed by atoms with E-state index < -0.39 is 0 Å². The van der Waals surface area contributed by atoms with Gasteiger partial charge in [0.25, 0.3) is 0 Å². The number of halogens is 1. The first-order chi connectivity index (χ1) is 10.1. The molecule has 0 radical (unpaired) electrons. The van der Waals surface area contributed by atoms with Gasteiger partial charge in [0.05, 0.1) is 6.21 Å². The van der Waals surface area contributed by atoms with E-state index in [0.717, 1.165) is 16.9 Å². The molecule has 2 aromatic carbocycles. The van der Waals surface area contributed by atoms with E-state index in [1.807, 2.05) is 43.3 Å². The van der Waals surface area contributed by atoms with Crippen LogP contribution in [0.15, 0.2) is 58.7 Å². The van der Waals surface area contributed by atoms with E-state index >= 15 is 0 Å². The summed E-state index contributed by atoms with van der Waals surface area (Å²) >= 11 is 7.50. The molecule has 0 amide bonds. The van der Waals surface area contributed by atoms with Gasteiger partial charge in [0, 0.05) is 10.8 Å². The molecule has 0 aliphatic heterocycles. The highest BCUT2D eigenvalue weighted by atomic mass is 35.5. The van der Waals surface area contributed by atoms with Crippen LogP contribution >= 0.6 is 23.4 Å². The van der Waals surface area contributed by atoms with Crippen molar-refractivity contribution in [3.8, 4) is 0 Å². The van der Waals surface area contributed by atoms with Crippen LogP contribution < -0.4 is 5.73 Å². The van der Waals surface area contributed by atoms with Crippen molar-refractivity contribution in [3.05, 3.63) is 70.2 Å². The first-order valence-electron chi connectivity index (χ1n) is 6.44. The van der Waals surface area contributed by atoms with Crippen molar-refractivity contribution in [2.45, 2.75) is 12.7 Å². The maximum Gasteiger partial charge on any atom is 0.180 e. The molecule has 0 aliphatic rings. The number of rotatable bonds is 4. The molecule has 0 spiro atoms. The molecule has 0 saturated heterocycles. The van der Waals surface area contributed by atoms with E-state index in [0.29, 0.717) is 10.2 Å². The Bertz CT molecular complexity index is 654. The minimum absolute atomic E-state index is 0.438. The van der Waals surface area contributed by atoms with Crippen molar-refractivity contribution in [2.24, 2.45) is 15.9 Å². The van der Waals surface area contributed by atoms with Crippen LogP contribution in [0.2, 0.25) is 5.02 Å².